The number of carbonyl (C=O) groups excluding carboxylic acids is 2. The van der Waals surface area contributed by atoms with E-state index in [9.17, 15) is 14.7 Å². The van der Waals surface area contributed by atoms with Gasteiger partial charge in [0.1, 0.15) is 0 Å². The average Bonchev–Trinajstić information content (AvgIpc) is 3.49. The smallest absolute Gasteiger partial charge is 0.303 e. The molecule has 0 radical (unpaired) electrons. The predicted octanol–water partition coefficient (Wildman–Crippen LogP) is 5.07. The van der Waals surface area contributed by atoms with Gasteiger partial charge < -0.3 is 29.4 Å². The van der Waals surface area contributed by atoms with Crippen LogP contribution in [0.1, 0.15) is 67.8 Å². The van der Waals surface area contributed by atoms with E-state index in [2.05, 4.69) is 10.2 Å². The van der Waals surface area contributed by atoms with E-state index in [1.165, 1.54) is 6.92 Å². The highest BCUT2D eigenvalue weighted by molar-refractivity contribution is 5.83. The molecule has 9 nitrogen and oxygen atoms in total. The lowest BCUT2D eigenvalue weighted by atomic mass is 9.97. The van der Waals surface area contributed by atoms with Gasteiger partial charge in [-0.2, -0.15) is 0 Å². The lowest BCUT2D eigenvalue weighted by Crippen LogP contribution is -2.42. The molecule has 3 aromatic carbocycles. The molecule has 1 amide bonds. The van der Waals surface area contributed by atoms with E-state index < -0.39 is 18.4 Å². The zero-order valence-corrected chi connectivity index (χ0v) is 26.3. The van der Waals surface area contributed by atoms with Gasteiger partial charge in [0.2, 0.25) is 0 Å². The van der Waals surface area contributed by atoms with Crippen molar-refractivity contribution in [2.75, 3.05) is 26.8 Å². The minimum absolute atomic E-state index is 0.00522. The third-order valence-electron chi connectivity index (χ3n) is 8.59. The van der Waals surface area contributed by atoms with Crippen molar-refractivity contribution in [2.24, 2.45) is 0 Å². The summed E-state index contributed by atoms with van der Waals surface area (Å²) in [5.41, 5.74) is 5.80. The largest absolute Gasteiger partial charge is 0.453 e. The highest BCUT2D eigenvalue weighted by Gasteiger charge is 2.35. The number of hydrogen-bond donors (Lipinski definition) is 2. The summed E-state index contributed by atoms with van der Waals surface area (Å²) in [4.78, 5) is 26.1. The quantitative estimate of drug-likeness (QED) is 0.272. The van der Waals surface area contributed by atoms with E-state index in [-0.39, 0.29) is 24.7 Å². The maximum atomic E-state index is 12.4. The zero-order valence-electron chi connectivity index (χ0n) is 26.3. The fourth-order valence-corrected chi connectivity index (χ4v) is 6.22. The van der Waals surface area contributed by atoms with Crippen LogP contribution in [0.25, 0.3) is 11.1 Å². The molecule has 0 saturated carbocycles. The maximum Gasteiger partial charge on any atom is 0.303 e. The van der Waals surface area contributed by atoms with E-state index in [0.29, 0.717) is 12.6 Å². The molecule has 0 aromatic heterocycles. The van der Waals surface area contributed by atoms with Gasteiger partial charge in [0, 0.05) is 45.1 Å². The normalized spacial score (nSPS) is 22.6. The topological polar surface area (TPSA) is 107 Å². The van der Waals surface area contributed by atoms with Gasteiger partial charge in [-0.3, -0.25) is 14.5 Å². The number of likely N-dealkylation sites (tertiary alicyclic amines) is 1. The summed E-state index contributed by atoms with van der Waals surface area (Å²) in [6, 6.07) is 24.4. The zero-order chi connectivity index (χ0) is 31.8. The van der Waals surface area contributed by atoms with Crippen molar-refractivity contribution in [1.82, 2.24) is 10.2 Å². The highest BCUT2D eigenvalue weighted by atomic mass is 16.7. The summed E-state index contributed by atoms with van der Waals surface area (Å²) < 4.78 is 23.7. The molecule has 45 heavy (non-hydrogen) atoms. The van der Waals surface area contributed by atoms with Crippen LogP contribution < -0.4 is 5.32 Å². The summed E-state index contributed by atoms with van der Waals surface area (Å²) in [7, 11) is 1.76. The lowest BCUT2D eigenvalue weighted by Gasteiger charge is -2.38. The van der Waals surface area contributed by atoms with Crippen molar-refractivity contribution < 1.29 is 33.6 Å². The Morgan fingerprint density at radius 2 is 1.76 bits per heavy atom. The number of amides is 1. The van der Waals surface area contributed by atoms with Gasteiger partial charge in [-0.15, -0.1) is 0 Å². The minimum Gasteiger partial charge on any atom is -0.453 e. The molecule has 0 spiro atoms. The van der Waals surface area contributed by atoms with Crippen LogP contribution in [0.5, 0.6) is 0 Å². The van der Waals surface area contributed by atoms with Gasteiger partial charge >= 0.3 is 5.97 Å². The average molecular weight is 617 g/mol. The third kappa shape index (κ3) is 8.56. The van der Waals surface area contributed by atoms with Crippen molar-refractivity contribution in [3.05, 3.63) is 95.1 Å². The number of aliphatic hydroxyl groups excluding tert-OH is 1. The first-order chi connectivity index (χ1) is 21.8. The van der Waals surface area contributed by atoms with Crippen LogP contribution in [0.15, 0.2) is 72.8 Å². The first-order valence-electron chi connectivity index (χ1n) is 15.7. The summed E-state index contributed by atoms with van der Waals surface area (Å²) in [6.45, 7) is 5.71. The standard InChI is InChI=1S/C36H44N2O7/c1-24(43-25(2)40)35(41)37-20-30-7-4-5-9-33(30)27-14-16-29(17-15-27)36-44-32(21-38-18-6-8-31(38)23-42-3)19-34(45-36)28-12-10-26(22-39)11-13-28/h4-5,7,9-17,24,31-32,34,36,39H,6,8,18-23H2,1-3H3,(H,37,41)/t24-,31-,32-,34+,36+/m0/s1. The first kappa shape index (κ1) is 32.8. The van der Waals surface area contributed by atoms with Crippen molar-refractivity contribution in [3.8, 4) is 11.1 Å². The number of carbonyl (C=O) groups is 2. The Bertz CT molecular complexity index is 1410. The molecule has 2 aliphatic heterocycles. The first-order valence-corrected chi connectivity index (χ1v) is 15.7. The molecule has 3 aromatic rings. The van der Waals surface area contributed by atoms with E-state index in [0.717, 1.165) is 72.3 Å². The number of nitrogens with zero attached hydrogens (tertiary/aromatic N) is 1. The van der Waals surface area contributed by atoms with Gasteiger partial charge in [-0.05, 0) is 54.1 Å². The Hall–Kier alpha value is -3.60. The minimum atomic E-state index is -0.860. The second-order valence-electron chi connectivity index (χ2n) is 11.8. The van der Waals surface area contributed by atoms with Gasteiger partial charge in [0.05, 0.1) is 25.4 Å². The van der Waals surface area contributed by atoms with Crippen LogP contribution in [0.3, 0.4) is 0 Å². The molecule has 0 bridgehead atoms. The third-order valence-corrected chi connectivity index (χ3v) is 8.59. The van der Waals surface area contributed by atoms with Gasteiger partial charge in [0.15, 0.2) is 12.4 Å². The fraction of sp³-hybridized carbons (Fsp3) is 0.444. The molecular formula is C36H44N2O7. The van der Waals surface area contributed by atoms with Gasteiger partial charge in [-0.25, -0.2) is 0 Å². The van der Waals surface area contributed by atoms with Crippen LogP contribution in [0.2, 0.25) is 0 Å². The Morgan fingerprint density at radius 3 is 2.47 bits per heavy atom. The second kappa shape index (κ2) is 15.6. The van der Waals surface area contributed by atoms with Gasteiger partial charge in [0.25, 0.3) is 5.91 Å². The Labute approximate surface area is 265 Å². The maximum absolute atomic E-state index is 12.4. The van der Waals surface area contributed by atoms with Crippen molar-refractivity contribution in [2.45, 2.75) is 76.9 Å². The Balaban J connectivity index is 1.32. The Morgan fingerprint density at radius 1 is 1.02 bits per heavy atom. The molecule has 5 atom stereocenters. The number of hydrogen-bond acceptors (Lipinski definition) is 8. The number of methoxy groups -OCH3 is 1. The van der Waals surface area contributed by atoms with Crippen LogP contribution in [0, 0.1) is 0 Å². The van der Waals surface area contributed by atoms with Crippen LogP contribution in [-0.4, -0.2) is 66.9 Å². The number of ether oxygens (including phenoxy) is 4. The Kier molecular flexibility index (Phi) is 11.4. The molecule has 240 valence electrons. The molecular weight excluding hydrogens is 572 g/mol. The molecule has 2 fully saturated rings. The van der Waals surface area contributed by atoms with Crippen LogP contribution in [0.4, 0.5) is 0 Å². The van der Waals surface area contributed by atoms with E-state index in [1.807, 2.05) is 72.8 Å². The summed E-state index contributed by atoms with van der Waals surface area (Å²) in [5.74, 6) is -0.841. The number of rotatable bonds is 12. The fourth-order valence-electron chi connectivity index (χ4n) is 6.22. The monoisotopic (exact) mass is 616 g/mol. The van der Waals surface area contributed by atoms with E-state index >= 15 is 0 Å². The molecule has 2 N–H and O–H groups in total. The second-order valence-corrected chi connectivity index (χ2v) is 11.8. The van der Waals surface area contributed by atoms with Crippen molar-refractivity contribution in [3.63, 3.8) is 0 Å². The molecule has 2 saturated heterocycles. The van der Waals surface area contributed by atoms with Crippen molar-refractivity contribution >= 4 is 11.9 Å². The number of benzene rings is 3. The SMILES string of the molecule is COC[C@@H]1CCCN1C[C@@H]1C[C@H](c2ccc(CO)cc2)O[C@H](c2ccc(-c3ccccc3CNC(=O)[C@H](C)OC(C)=O)cc2)O1. The molecule has 0 unspecified atom stereocenters. The number of esters is 1. The summed E-state index contributed by atoms with van der Waals surface area (Å²) in [6.07, 6.45) is 1.44. The molecule has 2 heterocycles. The molecule has 9 heteroatoms. The van der Waals surface area contributed by atoms with Gasteiger partial charge in [-0.1, -0.05) is 72.8 Å². The predicted molar refractivity (Wildman–Crippen MR) is 170 cm³/mol. The summed E-state index contributed by atoms with van der Waals surface area (Å²) >= 11 is 0. The van der Waals surface area contributed by atoms with Crippen LogP contribution >= 0.6 is 0 Å². The summed E-state index contributed by atoms with van der Waals surface area (Å²) in [5, 5.41) is 12.4. The molecule has 2 aliphatic rings. The lowest BCUT2D eigenvalue weighted by molar-refractivity contribution is -0.253. The highest BCUT2D eigenvalue weighted by Crippen LogP contribution is 2.39. The number of aliphatic hydroxyl groups is 1. The van der Waals surface area contributed by atoms with Crippen LogP contribution in [-0.2, 0) is 41.7 Å². The van der Waals surface area contributed by atoms with Crippen molar-refractivity contribution in [1.29, 1.82) is 0 Å². The molecule has 5 rings (SSSR count). The molecule has 0 aliphatic carbocycles. The van der Waals surface area contributed by atoms with E-state index in [1.54, 1.807) is 14.0 Å². The van der Waals surface area contributed by atoms with E-state index in [4.69, 9.17) is 18.9 Å². The number of nitrogens with one attached hydrogen (secondary N) is 1.